The van der Waals surface area contributed by atoms with E-state index >= 15 is 0 Å². The van der Waals surface area contributed by atoms with Gasteiger partial charge in [0.1, 0.15) is 12.1 Å². The van der Waals surface area contributed by atoms with Crippen molar-refractivity contribution >= 4 is 5.97 Å². The van der Waals surface area contributed by atoms with Gasteiger partial charge in [0.2, 0.25) is 0 Å². The van der Waals surface area contributed by atoms with Crippen LogP contribution in [0.25, 0.3) is 0 Å². The van der Waals surface area contributed by atoms with Crippen molar-refractivity contribution < 1.29 is 32.2 Å². The third kappa shape index (κ3) is 5.93. The van der Waals surface area contributed by atoms with Gasteiger partial charge in [-0.3, -0.25) is 4.79 Å². The van der Waals surface area contributed by atoms with E-state index in [1.165, 1.54) is 12.1 Å². The topological polar surface area (TPSA) is 70.8 Å². The number of carbonyl (C=O) groups is 1. The van der Waals surface area contributed by atoms with E-state index in [4.69, 9.17) is 19.9 Å². The molecule has 162 valence electrons. The first-order valence-corrected chi connectivity index (χ1v) is 10.1. The SMILES string of the molecule is C[C@@H]1OC(=O)[C@@H](N)COC[C@H](Cc2ccc(C(F)(F)F)cc2)[C@H]1OC1CCCC1. The average molecular weight is 415 g/mol. The maximum Gasteiger partial charge on any atom is 0.416 e. The van der Waals surface area contributed by atoms with Crippen molar-refractivity contribution in [2.75, 3.05) is 13.2 Å². The van der Waals surface area contributed by atoms with Crippen molar-refractivity contribution in [3.63, 3.8) is 0 Å². The summed E-state index contributed by atoms with van der Waals surface area (Å²) in [6.45, 7) is 2.09. The van der Waals surface area contributed by atoms with Gasteiger partial charge in [-0.05, 0) is 43.9 Å². The first kappa shape index (κ1) is 22.1. The first-order valence-electron chi connectivity index (χ1n) is 10.1. The highest BCUT2D eigenvalue weighted by Crippen LogP contribution is 2.31. The number of hydrogen-bond donors (Lipinski definition) is 1. The van der Waals surface area contributed by atoms with Crippen LogP contribution in [-0.4, -0.2) is 43.5 Å². The molecule has 2 fully saturated rings. The molecule has 0 unspecified atom stereocenters. The van der Waals surface area contributed by atoms with Crippen LogP contribution < -0.4 is 5.73 Å². The molecule has 1 aliphatic heterocycles. The number of halogens is 3. The number of nitrogens with two attached hydrogens (primary N) is 1. The van der Waals surface area contributed by atoms with Crippen LogP contribution in [0.3, 0.4) is 0 Å². The summed E-state index contributed by atoms with van der Waals surface area (Å²) in [5, 5.41) is 0. The van der Waals surface area contributed by atoms with Gasteiger partial charge in [0, 0.05) is 5.92 Å². The average Bonchev–Trinajstić information content (AvgIpc) is 3.18. The summed E-state index contributed by atoms with van der Waals surface area (Å²) in [6.07, 6.45) is -0.697. The monoisotopic (exact) mass is 415 g/mol. The number of carbonyl (C=O) groups excluding carboxylic acids is 1. The Balaban J connectivity index is 1.79. The molecule has 0 bridgehead atoms. The van der Waals surface area contributed by atoms with Crippen molar-refractivity contribution in [3.8, 4) is 0 Å². The highest BCUT2D eigenvalue weighted by molar-refractivity contribution is 5.75. The van der Waals surface area contributed by atoms with Crippen molar-refractivity contribution in [1.29, 1.82) is 0 Å². The molecule has 4 atom stereocenters. The lowest BCUT2D eigenvalue weighted by molar-refractivity contribution is -0.163. The first-order chi connectivity index (χ1) is 13.7. The van der Waals surface area contributed by atoms with Crippen LogP contribution in [0.1, 0.15) is 43.7 Å². The zero-order chi connectivity index (χ0) is 21.0. The molecule has 1 aromatic carbocycles. The number of rotatable bonds is 4. The Kier molecular flexibility index (Phi) is 7.19. The second kappa shape index (κ2) is 9.45. The van der Waals surface area contributed by atoms with E-state index in [0.29, 0.717) is 6.42 Å². The van der Waals surface area contributed by atoms with E-state index in [9.17, 15) is 18.0 Å². The molecule has 0 amide bonds. The van der Waals surface area contributed by atoms with Gasteiger partial charge in [0.05, 0.1) is 31.0 Å². The molecule has 5 nitrogen and oxygen atoms in total. The molecule has 2 aliphatic rings. The molecular weight excluding hydrogens is 387 g/mol. The lowest BCUT2D eigenvalue weighted by Gasteiger charge is -2.33. The van der Waals surface area contributed by atoms with Crippen LogP contribution in [0.15, 0.2) is 24.3 Å². The van der Waals surface area contributed by atoms with Crippen LogP contribution >= 0.6 is 0 Å². The largest absolute Gasteiger partial charge is 0.459 e. The molecule has 1 saturated carbocycles. The quantitative estimate of drug-likeness (QED) is 0.763. The molecule has 8 heteroatoms. The predicted molar refractivity (Wildman–Crippen MR) is 100 cm³/mol. The predicted octanol–water partition coefficient (Wildman–Crippen LogP) is 3.48. The summed E-state index contributed by atoms with van der Waals surface area (Å²) in [6, 6.07) is 4.25. The molecular formula is C21H28F3NO4. The molecule has 3 rings (SSSR count). The van der Waals surface area contributed by atoms with E-state index in [2.05, 4.69) is 0 Å². The van der Waals surface area contributed by atoms with Gasteiger partial charge in [-0.25, -0.2) is 0 Å². The lowest BCUT2D eigenvalue weighted by Crippen LogP contribution is -2.43. The minimum atomic E-state index is -4.37. The summed E-state index contributed by atoms with van der Waals surface area (Å²) in [5.41, 5.74) is 5.86. The summed E-state index contributed by atoms with van der Waals surface area (Å²) < 4.78 is 56.0. The molecule has 0 aromatic heterocycles. The normalized spacial score (nSPS) is 29.8. The van der Waals surface area contributed by atoms with E-state index in [0.717, 1.165) is 43.4 Å². The standard InChI is InChI=1S/C21H28F3NO4/c1-13-19(29-17-4-2-3-5-17)15(11-27-12-18(25)20(26)28-13)10-14-6-8-16(9-7-14)21(22,23)24/h6-9,13,15,17-19H,2-5,10-12,25H2,1H3/t13-,15-,18-,19-/m0/s1. The van der Waals surface area contributed by atoms with E-state index < -0.39 is 36.0 Å². The molecule has 1 aromatic rings. The van der Waals surface area contributed by atoms with Crippen LogP contribution in [0.4, 0.5) is 13.2 Å². The molecule has 1 saturated heterocycles. The third-order valence-corrected chi connectivity index (χ3v) is 5.59. The zero-order valence-electron chi connectivity index (χ0n) is 16.5. The second-order valence-corrected chi connectivity index (χ2v) is 7.95. The van der Waals surface area contributed by atoms with Crippen LogP contribution in [0, 0.1) is 5.92 Å². The number of cyclic esters (lactones) is 1. The van der Waals surface area contributed by atoms with Crippen LogP contribution in [0.2, 0.25) is 0 Å². The highest BCUT2D eigenvalue weighted by atomic mass is 19.4. The Labute approximate surface area is 168 Å². The zero-order valence-corrected chi connectivity index (χ0v) is 16.5. The van der Waals surface area contributed by atoms with Gasteiger partial charge in [0.15, 0.2) is 0 Å². The van der Waals surface area contributed by atoms with Gasteiger partial charge in [-0.1, -0.05) is 25.0 Å². The number of esters is 1. The number of ether oxygens (including phenoxy) is 3. The Hall–Kier alpha value is -1.64. The fourth-order valence-corrected chi connectivity index (χ4v) is 4.01. The van der Waals surface area contributed by atoms with Gasteiger partial charge < -0.3 is 19.9 Å². The fraction of sp³-hybridized carbons (Fsp3) is 0.667. The van der Waals surface area contributed by atoms with E-state index in [1.54, 1.807) is 6.92 Å². The fourth-order valence-electron chi connectivity index (χ4n) is 4.01. The van der Waals surface area contributed by atoms with Crippen LogP contribution in [-0.2, 0) is 31.6 Å². The molecule has 1 heterocycles. The third-order valence-electron chi connectivity index (χ3n) is 5.59. The maximum atomic E-state index is 12.8. The molecule has 29 heavy (non-hydrogen) atoms. The second-order valence-electron chi connectivity index (χ2n) is 7.95. The van der Waals surface area contributed by atoms with Gasteiger partial charge in [-0.15, -0.1) is 0 Å². The Morgan fingerprint density at radius 2 is 1.79 bits per heavy atom. The Bertz CT molecular complexity index is 673. The summed E-state index contributed by atoms with van der Waals surface area (Å²) >= 11 is 0. The van der Waals surface area contributed by atoms with Crippen LogP contribution in [0.5, 0.6) is 0 Å². The number of benzene rings is 1. The smallest absolute Gasteiger partial charge is 0.416 e. The number of alkyl halides is 3. The van der Waals surface area contributed by atoms with Gasteiger partial charge in [-0.2, -0.15) is 13.2 Å². The van der Waals surface area contributed by atoms with Crippen molar-refractivity contribution in [3.05, 3.63) is 35.4 Å². The van der Waals surface area contributed by atoms with Gasteiger partial charge >= 0.3 is 12.1 Å². The van der Waals surface area contributed by atoms with E-state index in [1.807, 2.05) is 0 Å². The minimum absolute atomic E-state index is 0.0329. The maximum absolute atomic E-state index is 12.8. The molecule has 2 N–H and O–H groups in total. The van der Waals surface area contributed by atoms with Gasteiger partial charge in [0.25, 0.3) is 0 Å². The molecule has 0 radical (unpaired) electrons. The number of hydrogen-bond acceptors (Lipinski definition) is 5. The Morgan fingerprint density at radius 3 is 2.41 bits per heavy atom. The molecule has 0 spiro atoms. The summed E-state index contributed by atoms with van der Waals surface area (Å²) in [7, 11) is 0. The summed E-state index contributed by atoms with van der Waals surface area (Å²) in [5.74, 6) is -0.715. The lowest BCUT2D eigenvalue weighted by atomic mass is 9.91. The minimum Gasteiger partial charge on any atom is -0.459 e. The van der Waals surface area contributed by atoms with Crippen molar-refractivity contribution in [2.45, 2.75) is 69.6 Å². The molecule has 1 aliphatic carbocycles. The Morgan fingerprint density at radius 1 is 1.14 bits per heavy atom. The van der Waals surface area contributed by atoms with Crippen molar-refractivity contribution in [2.24, 2.45) is 11.7 Å². The van der Waals surface area contributed by atoms with Crippen molar-refractivity contribution in [1.82, 2.24) is 0 Å². The van der Waals surface area contributed by atoms with E-state index in [-0.39, 0.29) is 25.2 Å². The highest BCUT2D eigenvalue weighted by Gasteiger charge is 2.36. The summed E-state index contributed by atoms with van der Waals surface area (Å²) in [4.78, 5) is 12.1.